The third-order valence-electron chi connectivity index (χ3n) is 2.21. The molecule has 1 rings (SSSR count). The van der Waals surface area contributed by atoms with Crippen molar-refractivity contribution in [3.8, 4) is 5.75 Å². The van der Waals surface area contributed by atoms with Gasteiger partial charge in [-0.05, 0) is 26.0 Å². The van der Waals surface area contributed by atoms with Crippen LogP contribution in [-0.2, 0) is 14.1 Å². The molecule has 106 valence electrons. The van der Waals surface area contributed by atoms with E-state index < -0.39 is 25.9 Å². The summed E-state index contributed by atoms with van der Waals surface area (Å²) in [4.78, 5) is 11.4. The molecule has 19 heavy (non-hydrogen) atoms. The van der Waals surface area contributed by atoms with Crippen LogP contribution in [-0.4, -0.2) is 30.1 Å². The number of carbonyl (C=O) groups is 1. The van der Waals surface area contributed by atoms with Crippen molar-refractivity contribution in [1.82, 2.24) is 5.09 Å². The fraction of sp³-hybridized carbons (Fsp3) is 0.417. The van der Waals surface area contributed by atoms with E-state index in [1.807, 2.05) is 0 Å². The molecule has 0 bridgehead atoms. The van der Waals surface area contributed by atoms with Crippen molar-refractivity contribution in [3.63, 3.8) is 0 Å². The van der Waals surface area contributed by atoms with E-state index in [1.165, 1.54) is 6.92 Å². The van der Waals surface area contributed by atoms with Gasteiger partial charge in [-0.1, -0.05) is 18.2 Å². The lowest BCUT2D eigenvalue weighted by Crippen LogP contribution is -2.35. The molecule has 2 atom stereocenters. The lowest BCUT2D eigenvalue weighted by Gasteiger charge is -2.21. The van der Waals surface area contributed by atoms with Crippen LogP contribution in [0, 0.1) is 0 Å². The summed E-state index contributed by atoms with van der Waals surface area (Å²) in [6, 6.07) is 7.60. The highest BCUT2D eigenvalue weighted by atomic mass is 31.2. The van der Waals surface area contributed by atoms with Crippen LogP contribution in [0.1, 0.15) is 13.8 Å². The molecule has 0 aliphatic carbocycles. The van der Waals surface area contributed by atoms with E-state index in [-0.39, 0.29) is 6.61 Å². The minimum absolute atomic E-state index is 0.230. The Morgan fingerprint density at radius 1 is 1.42 bits per heavy atom. The zero-order chi connectivity index (χ0) is 14.3. The summed E-state index contributed by atoms with van der Waals surface area (Å²) < 4.78 is 22.3. The van der Waals surface area contributed by atoms with Crippen molar-refractivity contribution < 1.29 is 23.7 Å². The Balaban J connectivity index is 2.70. The molecule has 0 aliphatic heterocycles. The number of para-hydroxylation sites is 1. The number of rotatable bonds is 7. The molecular weight excluding hydrogens is 269 g/mol. The van der Waals surface area contributed by atoms with E-state index >= 15 is 0 Å². The molecule has 1 aromatic rings. The van der Waals surface area contributed by atoms with Gasteiger partial charge in [-0.15, -0.1) is 0 Å². The molecule has 0 fully saturated rings. The lowest BCUT2D eigenvalue weighted by atomic mass is 10.3. The predicted octanol–water partition coefficient (Wildman–Crippen LogP) is 1.75. The maximum atomic E-state index is 12.3. The number of aliphatic hydroxyl groups is 1. The van der Waals surface area contributed by atoms with Gasteiger partial charge in [0.2, 0.25) is 0 Å². The smallest absolute Gasteiger partial charge is 0.342 e. The van der Waals surface area contributed by atoms with Gasteiger partial charge in [-0.25, -0.2) is 5.09 Å². The number of benzene rings is 1. The monoisotopic (exact) mass is 287 g/mol. The molecular formula is C12H18NO5P. The number of carbonyl (C=O) groups excluding carboxylic acids is 1. The maximum Gasteiger partial charge on any atom is 0.342 e. The zero-order valence-electron chi connectivity index (χ0n) is 10.9. The van der Waals surface area contributed by atoms with Crippen LogP contribution >= 0.6 is 7.52 Å². The van der Waals surface area contributed by atoms with Gasteiger partial charge in [0.15, 0.2) is 0 Å². The molecule has 1 unspecified atom stereocenters. The van der Waals surface area contributed by atoms with Crippen molar-refractivity contribution in [2.45, 2.75) is 19.9 Å². The van der Waals surface area contributed by atoms with Gasteiger partial charge < -0.3 is 14.4 Å². The summed E-state index contributed by atoms with van der Waals surface area (Å²) in [5.41, 5.74) is 0. The average molecular weight is 287 g/mol. The highest BCUT2D eigenvalue weighted by Gasteiger charge is 2.29. The van der Waals surface area contributed by atoms with Crippen LogP contribution in [0.25, 0.3) is 0 Å². The fourth-order valence-corrected chi connectivity index (χ4v) is 2.71. The van der Waals surface area contributed by atoms with Crippen molar-refractivity contribution in [3.05, 3.63) is 30.3 Å². The van der Waals surface area contributed by atoms with Crippen LogP contribution in [0.5, 0.6) is 5.75 Å². The van der Waals surface area contributed by atoms with Gasteiger partial charge in [-0.2, -0.15) is 0 Å². The summed E-state index contributed by atoms with van der Waals surface area (Å²) in [5, 5.41) is 11.7. The van der Waals surface area contributed by atoms with Crippen LogP contribution in [0.2, 0.25) is 0 Å². The molecule has 0 amide bonds. The lowest BCUT2D eigenvalue weighted by molar-refractivity contribution is -0.144. The molecule has 1 aromatic carbocycles. The summed E-state index contributed by atoms with van der Waals surface area (Å²) >= 11 is 0. The Bertz CT molecular complexity index is 451. The molecule has 0 radical (unpaired) electrons. The number of hydrogen-bond acceptors (Lipinski definition) is 5. The first kappa shape index (κ1) is 15.7. The molecule has 7 heteroatoms. The van der Waals surface area contributed by atoms with Gasteiger partial charge in [-0.3, -0.25) is 9.36 Å². The number of esters is 1. The Labute approximate surface area is 112 Å². The summed E-state index contributed by atoms with van der Waals surface area (Å²) in [7, 11) is -3.55. The van der Waals surface area contributed by atoms with Gasteiger partial charge >= 0.3 is 13.5 Å². The Morgan fingerprint density at radius 3 is 2.58 bits per heavy atom. The van der Waals surface area contributed by atoms with E-state index in [0.717, 1.165) is 0 Å². The molecule has 0 saturated carbocycles. The quantitative estimate of drug-likeness (QED) is 0.587. The van der Waals surface area contributed by atoms with E-state index in [2.05, 4.69) is 5.09 Å². The highest BCUT2D eigenvalue weighted by molar-refractivity contribution is 7.57. The second-order valence-corrected chi connectivity index (χ2v) is 5.89. The van der Waals surface area contributed by atoms with Crippen LogP contribution in [0.3, 0.4) is 0 Å². The Kier molecular flexibility index (Phi) is 6.02. The topological polar surface area (TPSA) is 84.9 Å². The molecule has 0 aliphatic rings. The third kappa shape index (κ3) is 5.03. The minimum Gasteiger partial charge on any atom is -0.465 e. The second-order valence-electron chi connectivity index (χ2n) is 3.82. The summed E-state index contributed by atoms with van der Waals surface area (Å²) in [5.74, 6) is -0.198. The van der Waals surface area contributed by atoms with Gasteiger partial charge in [0.05, 0.1) is 6.61 Å². The Morgan fingerprint density at radius 2 is 2.05 bits per heavy atom. The normalized spacial score (nSPS) is 15.3. The Hall–Kier alpha value is -1.36. The molecule has 2 N–H and O–H groups in total. The van der Waals surface area contributed by atoms with Gasteiger partial charge in [0.1, 0.15) is 18.1 Å². The first-order valence-corrected chi connectivity index (χ1v) is 7.70. The molecule has 0 saturated heterocycles. The largest absolute Gasteiger partial charge is 0.465 e. The van der Waals surface area contributed by atoms with Crippen molar-refractivity contribution in [2.75, 3.05) is 13.0 Å². The standard InChI is InChI=1S/C12H18NO5P/c1-3-17-12(15)10(2)13-19(16,9-14)18-11-7-5-4-6-8-11/h4-8,10,14H,3,9H2,1-2H3,(H,13,16)/t10?,19-/m0/s1. The SMILES string of the molecule is CCOC(=O)C(C)N[P@](=O)(CO)Oc1ccccc1. The first-order chi connectivity index (χ1) is 9.00. The minimum atomic E-state index is -3.55. The van der Waals surface area contributed by atoms with E-state index in [9.17, 15) is 14.5 Å². The van der Waals surface area contributed by atoms with Crippen molar-refractivity contribution in [1.29, 1.82) is 0 Å². The predicted molar refractivity (Wildman–Crippen MR) is 71.0 cm³/mol. The third-order valence-corrected chi connectivity index (χ3v) is 3.87. The number of nitrogens with one attached hydrogen (secondary N) is 1. The zero-order valence-corrected chi connectivity index (χ0v) is 11.8. The number of ether oxygens (including phenoxy) is 1. The molecule has 0 spiro atoms. The van der Waals surface area contributed by atoms with Crippen molar-refractivity contribution in [2.24, 2.45) is 0 Å². The van der Waals surface area contributed by atoms with Gasteiger partial charge in [0.25, 0.3) is 0 Å². The van der Waals surface area contributed by atoms with E-state index in [0.29, 0.717) is 5.75 Å². The van der Waals surface area contributed by atoms with Gasteiger partial charge in [0, 0.05) is 0 Å². The molecule has 0 aromatic heterocycles. The van der Waals surface area contributed by atoms with Crippen LogP contribution in [0.15, 0.2) is 30.3 Å². The second kappa shape index (κ2) is 7.28. The summed E-state index contributed by atoms with van der Waals surface area (Å²) in [6.07, 6.45) is -0.717. The highest BCUT2D eigenvalue weighted by Crippen LogP contribution is 2.42. The molecule has 0 heterocycles. The molecule has 6 nitrogen and oxygen atoms in total. The summed E-state index contributed by atoms with van der Waals surface area (Å²) in [6.45, 7) is 3.40. The van der Waals surface area contributed by atoms with E-state index in [1.54, 1.807) is 37.3 Å². The number of aliphatic hydroxyl groups excluding tert-OH is 1. The first-order valence-electron chi connectivity index (χ1n) is 5.89. The van der Waals surface area contributed by atoms with E-state index in [4.69, 9.17) is 9.26 Å². The number of hydrogen-bond donors (Lipinski definition) is 2. The van der Waals surface area contributed by atoms with Crippen LogP contribution < -0.4 is 9.61 Å². The average Bonchev–Trinajstić information content (AvgIpc) is 2.40. The van der Waals surface area contributed by atoms with Crippen LogP contribution in [0.4, 0.5) is 0 Å². The maximum absolute atomic E-state index is 12.3. The fourth-order valence-electron chi connectivity index (χ4n) is 1.36. The van der Waals surface area contributed by atoms with Crippen molar-refractivity contribution >= 4 is 13.5 Å².